The molecule has 1 atom stereocenters. The minimum Gasteiger partial charge on any atom is -0.391 e. The van der Waals surface area contributed by atoms with Crippen molar-refractivity contribution in [2.24, 2.45) is 11.8 Å². The van der Waals surface area contributed by atoms with Crippen LogP contribution in [-0.2, 0) is 4.79 Å². The maximum atomic E-state index is 11.4. The van der Waals surface area contributed by atoms with Gasteiger partial charge >= 0.3 is 0 Å². The zero-order chi connectivity index (χ0) is 11.3. The van der Waals surface area contributed by atoms with Crippen LogP contribution in [0.15, 0.2) is 0 Å². The Kier molecular flexibility index (Phi) is 5.09. The summed E-state index contributed by atoms with van der Waals surface area (Å²) >= 11 is 0. The van der Waals surface area contributed by atoms with Crippen LogP contribution in [0.25, 0.3) is 0 Å². The van der Waals surface area contributed by atoms with Crippen molar-refractivity contribution < 1.29 is 9.90 Å². The van der Waals surface area contributed by atoms with E-state index in [0.717, 1.165) is 6.42 Å². The molecule has 1 aliphatic rings. The minimum absolute atomic E-state index is 0.0995. The van der Waals surface area contributed by atoms with E-state index in [2.05, 4.69) is 19.2 Å². The van der Waals surface area contributed by atoms with Gasteiger partial charge in [-0.25, -0.2) is 0 Å². The van der Waals surface area contributed by atoms with Crippen molar-refractivity contribution in [1.82, 2.24) is 5.32 Å². The third-order valence-electron chi connectivity index (χ3n) is 2.98. The first-order chi connectivity index (χ1) is 7.08. The lowest BCUT2D eigenvalue weighted by atomic mass is 9.83. The number of amides is 1. The van der Waals surface area contributed by atoms with Crippen molar-refractivity contribution >= 4 is 5.91 Å². The molecule has 1 saturated carbocycles. The average molecular weight is 213 g/mol. The van der Waals surface area contributed by atoms with Crippen LogP contribution in [0.4, 0.5) is 0 Å². The van der Waals surface area contributed by atoms with Crippen molar-refractivity contribution in [3.63, 3.8) is 0 Å². The summed E-state index contributed by atoms with van der Waals surface area (Å²) in [6.07, 6.45) is 4.67. The summed E-state index contributed by atoms with van der Waals surface area (Å²) in [5.41, 5.74) is 0. The molecule has 1 aliphatic carbocycles. The van der Waals surface area contributed by atoms with Crippen LogP contribution >= 0.6 is 0 Å². The van der Waals surface area contributed by atoms with Crippen molar-refractivity contribution in [2.75, 3.05) is 6.54 Å². The fraction of sp³-hybridized carbons (Fsp3) is 0.917. The molecule has 0 aromatic carbocycles. The fourth-order valence-electron chi connectivity index (χ4n) is 1.89. The van der Waals surface area contributed by atoms with Gasteiger partial charge in [-0.05, 0) is 31.1 Å². The number of hydrogen-bond acceptors (Lipinski definition) is 2. The van der Waals surface area contributed by atoms with Gasteiger partial charge in [0.1, 0.15) is 0 Å². The van der Waals surface area contributed by atoms with Gasteiger partial charge in [0.25, 0.3) is 0 Å². The van der Waals surface area contributed by atoms with E-state index in [0.29, 0.717) is 24.8 Å². The Bertz CT molecular complexity index is 200. The second-order valence-electron chi connectivity index (χ2n) is 5.09. The number of aliphatic hydroxyl groups is 1. The standard InChI is InChI=1S/C12H23NO2/c1-9(2)6-11(14)8-13-12(15)7-10-4-3-5-10/h9-11,14H,3-8H2,1-2H3,(H,13,15)/t11-/m0/s1. The molecule has 0 aromatic rings. The van der Waals surface area contributed by atoms with Crippen molar-refractivity contribution in [2.45, 2.75) is 52.1 Å². The quantitative estimate of drug-likeness (QED) is 0.705. The Labute approximate surface area is 92.3 Å². The van der Waals surface area contributed by atoms with Gasteiger partial charge in [0.2, 0.25) is 5.91 Å². The Hall–Kier alpha value is -0.570. The molecule has 3 heteroatoms. The minimum atomic E-state index is -0.393. The molecule has 0 heterocycles. The molecule has 0 spiro atoms. The molecule has 0 aromatic heterocycles. The van der Waals surface area contributed by atoms with Crippen LogP contribution < -0.4 is 5.32 Å². The van der Waals surface area contributed by atoms with Gasteiger partial charge in [-0.15, -0.1) is 0 Å². The maximum absolute atomic E-state index is 11.4. The number of carbonyl (C=O) groups excluding carboxylic acids is 1. The lowest BCUT2D eigenvalue weighted by molar-refractivity contribution is -0.123. The molecule has 15 heavy (non-hydrogen) atoms. The van der Waals surface area contributed by atoms with Gasteiger partial charge in [-0.3, -0.25) is 4.79 Å². The number of aliphatic hydroxyl groups excluding tert-OH is 1. The van der Waals surface area contributed by atoms with Gasteiger partial charge in [0, 0.05) is 13.0 Å². The van der Waals surface area contributed by atoms with Crippen LogP contribution in [0, 0.1) is 11.8 Å². The second-order valence-corrected chi connectivity index (χ2v) is 5.09. The first kappa shape index (κ1) is 12.5. The maximum Gasteiger partial charge on any atom is 0.220 e. The molecule has 0 bridgehead atoms. The molecule has 88 valence electrons. The molecule has 0 unspecified atom stereocenters. The summed E-state index contributed by atoms with van der Waals surface area (Å²) in [6.45, 7) is 4.54. The summed E-state index contributed by atoms with van der Waals surface area (Å²) in [5, 5.41) is 12.4. The van der Waals surface area contributed by atoms with Gasteiger partial charge in [-0.1, -0.05) is 20.3 Å². The van der Waals surface area contributed by atoms with Crippen LogP contribution in [-0.4, -0.2) is 23.7 Å². The van der Waals surface area contributed by atoms with Gasteiger partial charge in [0.15, 0.2) is 0 Å². The van der Waals surface area contributed by atoms with Crippen molar-refractivity contribution in [3.8, 4) is 0 Å². The SMILES string of the molecule is CC(C)C[C@H](O)CNC(=O)CC1CCC1. The van der Waals surface area contributed by atoms with Gasteiger partial charge in [0.05, 0.1) is 6.10 Å². The zero-order valence-corrected chi connectivity index (χ0v) is 9.83. The van der Waals surface area contributed by atoms with E-state index in [1.807, 2.05) is 0 Å². The molecule has 2 N–H and O–H groups in total. The summed E-state index contributed by atoms with van der Waals surface area (Å²) in [5.74, 6) is 1.18. The van der Waals surface area contributed by atoms with Crippen LogP contribution in [0.2, 0.25) is 0 Å². The predicted octanol–water partition coefficient (Wildman–Crippen LogP) is 1.70. The summed E-state index contributed by atoms with van der Waals surface area (Å²) in [6, 6.07) is 0. The molecule has 1 amide bonds. The van der Waals surface area contributed by atoms with Crippen LogP contribution in [0.3, 0.4) is 0 Å². The zero-order valence-electron chi connectivity index (χ0n) is 9.83. The second kappa shape index (κ2) is 6.11. The number of carbonyl (C=O) groups is 1. The highest BCUT2D eigenvalue weighted by Gasteiger charge is 2.20. The van der Waals surface area contributed by atoms with E-state index >= 15 is 0 Å². The molecule has 1 rings (SSSR count). The van der Waals surface area contributed by atoms with Gasteiger partial charge < -0.3 is 10.4 Å². The molecule has 0 aliphatic heterocycles. The van der Waals surface area contributed by atoms with Crippen molar-refractivity contribution in [1.29, 1.82) is 0 Å². The van der Waals surface area contributed by atoms with Gasteiger partial charge in [-0.2, -0.15) is 0 Å². The molecule has 1 fully saturated rings. The molecule has 0 radical (unpaired) electrons. The Morgan fingerprint density at radius 2 is 2.13 bits per heavy atom. The smallest absolute Gasteiger partial charge is 0.220 e. The summed E-state index contributed by atoms with van der Waals surface area (Å²) in [4.78, 5) is 11.4. The third kappa shape index (κ3) is 5.17. The topological polar surface area (TPSA) is 49.3 Å². The highest BCUT2D eigenvalue weighted by molar-refractivity contribution is 5.76. The number of rotatable bonds is 6. The first-order valence-electron chi connectivity index (χ1n) is 6.02. The Morgan fingerprint density at radius 1 is 1.47 bits per heavy atom. The highest BCUT2D eigenvalue weighted by atomic mass is 16.3. The Balaban J connectivity index is 2.04. The number of nitrogens with one attached hydrogen (secondary N) is 1. The summed E-state index contributed by atoms with van der Waals surface area (Å²) in [7, 11) is 0. The third-order valence-corrected chi connectivity index (χ3v) is 2.98. The summed E-state index contributed by atoms with van der Waals surface area (Å²) < 4.78 is 0. The van der Waals surface area contributed by atoms with E-state index in [1.54, 1.807) is 0 Å². The van der Waals surface area contributed by atoms with Crippen LogP contribution in [0.5, 0.6) is 0 Å². The molecule has 0 saturated heterocycles. The van der Waals surface area contributed by atoms with Crippen molar-refractivity contribution in [3.05, 3.63) is 0 Å². The van der Waals surface area contributed by atoms with Crippen LogP contribution in [0.1, 0.15) is 46.0 Å². The van der Waals surface area contributed by atoms with E-state index in [9.17, 15) is 9.90 Å². The number of hydrogen-bond donors (Lipinski definition) is 2. The highest BCUT2D eigenvalue weighted by Crippen LogP contribution is 2.28. The lowest BCUT2D eigenvalue weighted by Crippen LogP contribution is -2.34. The molecular weight excluding hydrogens is 190 g/mol. The molecular formula is C12H23NO2. The predicted molar refractivity (Wildman–Crippen MR) is 60.4 cm³/mol. The largest absolute Gasteiger partial charge is 0.391 e. The fourth-order valence-corrected chi connectivity index (χ4v) is 1.89. The average Bonchev–Trinajstić information content (AvgIpc) is 2.07. The Morgan fingerprint density at radius 3 is 2.60 bits per heavy atom. The molecule has 3 nitrogen and oxygen atoms in total. The monoisotopic (exact) mass is 213 g/mol. The normalized spacial score (nSPS) is 18.7. The van der Waals surface area contributed by atoms with E-state index in [1.165, 1.54) is 19.3 Å². The van der Waals surface area contributed by atoms with E-state index in [-0.39, 0.29) is 5.91 Å². The van der Waals surface area contributed by atoms with E-state index < -0.39 is 6.10 Å². The lowest BCUT2D eigenvalue weighted by Gasteiger charge is -2.24. The first-order valence-corrected chi connectivity index (χ1v) is 6.02. The van der Waals surface area contributed by atoms with E-state index in [4.69, 9.17) is 0 Å².